The molecule has 0 amide bonds. The van der Waals surface area contributed by atoms with Crippen LogP contribution in [-0.4, -0.2) is 20.6 Å². The first kappa shape index (κ1) is 9.26. The Morgan fingerprint density at radius 1 is 1.29 bits per heavy atom. The van der Waals surface area contributed by atoms with E-state index in [2.05, 4.69) is 15.0 Å². The number of nitrogens with zero attached hydrogens (tertiary/aromatic N) is 3. The molecule has 0 radical (unpaired) electrons. The lowest BCUT2D eigenvalue weighted by Crippen LogP contribution is -2.36. The molecule has 1 aliphatic rings. The number of thioether (sulfide) groups is 1. The van der Waals surface area contributed by atoms with Gasteiger partial charge in [-0.25, -0.2) is 15.0 Å². The van der Waals surface area contributed by atoms with E-state index in [1.807, 2.05) is 13.8 Å². The molecule has 14 heavy (non-hydrogen) atoms. The van der Waals surface area contributed by atoms with Gasteiger partial charge < -0.3 is 11.5 Å². The minimum Gasteiger partial charge on any atom is -0.386 e. The SMILES string of the molecule is CC1(C)Sc2ncnc(N)c2N=C1N. The van der Waals surface area contributed by atoms with Crippen LogP contribution in [0.2, 0.25) is 0 Å². The number of hydrogen-bond acceptors (Lipinski definition) is 6. The number of rotatable bonds is 0. The molecule has 0 unspecified atom stereocenters. The molecule has 74 valence electrons. The first-order valence-electron chi connectivity index (χ1n) is 4.15. The molecule has 2 heterocycles. The van der Waals surface area contributed by atoms with Gasteiger partial charge in [-0.15, -0.1) is 0 Å². The maximum Gasteiger partial charge on any atom is 0.154 e. The third-order valence-electron chi connectivity index (χ3n) is 2.02. The van der Waals surface area contributed by atoms with Gasteiger partial charge in [0, 0.05) is 0 Å². The minimum absolute atomic E-state index is 0.228. The second-order valence-electron chi connectivity index (χ2n) is 3.52. The summed E-state index contributed by atoms with van der Waals surface area (Å²) in [5.74, 6) is 0.928. The Morgan fingerprint density at radius 2 is 2.00 bits per heavy atom. The number of hydrogen-bond donors (Lipinski definition) is 2. The van der Waals surface area contributed by atoms with Gasteiger partial charge in [0.15, 0.2) is 5.82 Å². The van der Waals surface area contributed by atoms with Gasteiger partial charge in [0.25, 0.3) is 0 Å². The van der Waals surface area contributed by atoms with Crippen molar-refractivity contribution in [3.8, 4) is 0 Å². The topological polar surface area (TPSA) is 90.2 Å². The van der Waals surface area contributed by atoms with Crippen LogP contribution in [0.4, 0.5) is 11.5 Å². The van der Waals surface area contributed by atoms with Gasteiger partial charge in [0.1, 0.15) is 22.9 Å². The molecule has 0 aromatic carbocycles. The van der Waals surface area contributed by atoms with Crippen LogP contribution in [0.3, 0.4) is 0 Å². The Bertz CT molecular complexity index is 412. The Balaban J connectivity index is 2.59. The Morgan fingerprint density at radius 3 is 2.71 bits per heavy atom. The molecule has 2 rings (SSSR count). The summed E-state index contributed by atoms with van der Waals surface area (Å²) < 4.78 is -0.228. The summed E-state index contributed by atoms with van der Waals surface area (Å²) >= 11 is 1.55. The van der Waals surface area contributed by atoms with Crippen molar-refractivity contribution in [2.45, 2.75) is 23.6 Å². The summed E-state index contributed by atoms with van der Waals surface area (Å²) in [5.41, 5.74) is 12.1. The van der Waals surface area contributed by atoms with E-state index in [1.165, 1.54) is 6.33 Å². The number of aromatic nitrogens is 2. The van der Waals surface area contributed by atoms with Gasteiger partial charge in [-0.05, 0) is 13.8 Å². The Labute approximate surface area is 86.0 Å². The van der Waals surface area contributed by atoms with Gasteiger partial charge in [-0.3, -0.25) is 0 Å². The maximum absolute atomic E-state index is 5.81. The van der Waals surface area contributed by atoms with Crippen LogP contribution < -0.4 is 11.5 Å². The zero-order valence-electron chi connectivity index (χ0n) is 7.98. The van der Waals surface area contributed by atoms with Crippen LogP contribution in [0.5, 0.6) is 0 Å². The average molecular weight is 209 g/mol. The lowest BCUT2D eigenvalue weighted by molar-refractivity contribution is 0.904. The second-order valence-corrected chi connectivity index (χ2v) is 5.13. The zero-order valence-corrected chi connectivity index (χ0v) is 8.80. The highest BCUT2D eigenvalue weighted by molar-refractivity contribution is 8.01. The highest BCUT2D eigenvalue weighted by Crippen LogP contribution is 2.43. The van der Waals surface area contributed by atoms with Gasteiger partial charge in [-0.1, -0.05) is 11.8 Å². The van der Waals surface area contributed by atoms with E-state index in [4.69, 9.17) is 11.5 Å². The van der Waals surface area contributed by atoms with E-state index in [0.717, 1.165) is 5.03 Å². The van der Waals surface area contributed by atoms with Crippen LogP contribution in [-0.2, 0) is 0 Å². The van der Waals surface area contributed by atoms with E-state index in [0.29, 0.717) is 17.3 Å². The summed E-state index contributed by atoms with van der Waals surface area (Å²) in [6.07, 6.45) is 1.44. The van der Waals surface area contributed by atoms with Crippen molar-refractivity contribution < 1.29 is 0 Å². The molecule has 1 aliphatic heterocycles. The average Bonchev–Trinajstić information content (AvgIpc) is 2.08. The summed E-state index contributed by atoms with van der Waals surface area (Å²) in [5, 5.41) is 0.789. The fourth-order valence-electron chi connectivity index (χ4n) is 1.10. The summed E-state index contributed by atoms with van der Waals surface area (Å²) in [6.45, 7) is 4.00. The summed E-state index contributed by atoms with van der Waals surface area (Å²) in [6, 6.07) is 0. The van der Waals surface area contributed by atoms with Crippen LogP contribution in [0.25, 0.3) is 0 Å². The van der Waals surface area contributed by atoms with E-state index in [1.54, 1.807) is 11.8 Å². The minimum atomic E-state index is -0.228. The predicted molar refractivity (Wildman–Crippen MR) is 57.7 cm³/mol. The lowest BCUT2D eigenvalue weighted by atomic mass is 10.2. The molecule has 1 aromatic heterocycles. The van der Waals surface area contributed by atoms with E-state index in [-0.39, 0.29) is 4.75 Å². The molecule has 0 spiro atoms. The molecular weight excluding hydrogens is 198 g/mol. The molecule has 0 fully saturated rings. The third kappa shape index (κ3) is 1.31. The first-order chi connectivity index (χ1) is 6.50. The molecular formula is C8H11N5S. The van der Waals surface area contributed by atoms with Crippen molar-refractivity contribution in [2.24, 2.45) is 10.7 Å². The van der Waals surface area contributed by atoms with Crippen molar-refractivity contribution in [1.82, 2.24) is 9.97 Å². The molecule has 5 nitrogen and oxygen atoms in total. The third-order valence-corrected chi connectivity index (χ3v) is 3.23. The molecule has 0 aliphatic carbocycles. The van der Waals surface area contributed by atoms with Crippen molar-refractivity contribution in [3.63, 3.8) is 0 Å². The van der Waals surface area contributed by atoms with Gasteiger partial charge in [0.05, 0.1) is 4.75 Å². The van der Waals surface area contributed by atoms with Gasteiger partial charge in [0.2, 0.25) is 0 Å². The van der Waals surface area contributed by atoms with Gasteiger partial charge >= 0.3 is 0 Å². The Kier molecular flexibility index (Phi) is 1.88. The van der Waals surface area contributed by atoms with E-state index >= 15 is 0 Å². The number of nitrogens with two attached hydrogens (primary N) is 2. The van der Waals surface area contributed by atoms with Crippen LogP contribution >= 0.6 is 11.8 Å². The van der Waals surface area contributed by atoms with Crippen LogP contribution in [0.15, 0.2) is 16.3 Å². The number of fused-ring (bicyclic) bond motifs is 1. The second kappa shape index (κ2) is 2.84. The fraction of sp³-hybridized carbons (Fsp3) is 0.375. The molecule has 0 saturated carbocycles. The molecule has 0 bridgehead atoms. The fourth-order valence-corrected chi connectivity index (χ4v) is 2.08. The van der Waals surface area contributed by atoms with E-state index < -0.39 is 0 Å². The van der Waals surface area contributed by atoms with Gasteiger partial charge in [-0.2, -0.15) is 0 Å². The molecule has 0 atom stereocenters. The first-order valence-corrected chi connectivity index (χ1v) is 4.96. The lowest BCUT2D eigenvalue weighted by Gasteiger charge is -2.27. The molecule has 0 saturated heterocycles. The van der Waals surface area contributed by atoms with Crippen LogP contribution in [0, 0.1) is 0 Å². The monoisotopic (exact) mass is 209 g/mol. The van der Waals surface area contributed by atoms with Crippen molar-refractivity contribution in [2.75, 3.05) is 5.73 Å². The normalized spacial score (nSPS) is 18.6. The smallest absolute Gasteiger partial charge is 0.154 e. The number of anilines is 1. The van der Waals surface area contributed by atoms with Crippen LogP contribution in [0.1, 0.15) is 13.8 Å². The van der Waals surface area contributed by atoms with Crippen molar-refractivity contribution in [1.29, 1.82) is 0 Å². The van der Waals surface area contributed by atoms with Crippen molar-refractivity contribution in [3.05, 3.63) is 6.33 Å². The number of nitrogen functional groups attached to an aromatic ring is 1. The predicted octanol–water partition coefficient (Wildman–Crippen LogP) is 0.932. The highest BCUT2D eigenvalue weighted by Gasteiger charge is 2.31. The maximum atomic E-state index is 5.81. The molecule has 1 aromatic rings. The number of aliphatic imine (C=N–C) groups is 1. The quantitative estimate of drug-likeness (QED) is 0.620. The zero-order chi connectivity index (χ0) is 10.3. The molecule has 4 N–H and O–H groups in total. The largest absolute Gasteiger partial charge is 0.386 e. The summed E-state index contributed by atoms with van der Waals surface area (Å²) in [4.78, 5) is 12.2. The number of amidine groups is 1. The highest BCUT2D eigenvalue weighted by atomic mass is 32.2. The summed E-state index contributed by atoms with van der Waals surface area (Å²) in [7, 11) is 0. The standard InChI is InChI=1S/C8H11N5S/c1-8(2)7(10)13-4-5(9)11-3-12-6(4)14-8/h3H,1-2H3,(H2,10,13)(H2,9,11,12). The molecule has 6 heteroatoms. The Hall–Kier alpha value is -1.30. The van der Waals surface area contributed by atoms with Crippen molar-refractivity contribution >= 4 is 29.1 Å². The van der Waals surface area contributed by atoms with E-state index in [9.17, 15) is 0 Å².